The van der Waals surface area contributed by atoms with Gasteiger partial charge in [0.05, 0.1) is 11.7 Å². The number of aliphatic hydroxyl groups excluding tert-OH is 1. The van der Waals surface area contributed by atoms with Crippen molar-refractivity contribution in [1.82, 2.24) is 20.5 Å². The molecule has 0 aliphatic carbocycles. The van der Waals surface area contributed by atoms with E-state index in [-0.39, 0.29) is 0 Å². The maximum Gasteiger partial charge on any atom is 0.315 e. The van der Waals surface area contributed by atoms with Crippen LogP contribution in [0.1, 0.15) is 36.6 Å². The zero-order valence-corrected chi connectivity index (χ0v) is 18.3. The minimum Gasteiger partial charge on any atom is -0.386 e. The van der Waals surface area contributed by atoms with Gasteiger partial charge < -0.3 is 15.7 Å². The first-order chi connectivity index (χ1) is 15.9. The highest BCUT2D eigenvalue weighted by molar-refractivity contribution is 5.79. The highest BCUT2D eigenvalue weighted by atomic mass is 19.3. The van der Waals surface area contributed by atoms with Crippen LogP contribution < -0.4 is 10.6 Å². The van der Waals surface area contributed by atoms with E-state index < -0.39 is 31.2 Å². The number of pyridine rings is 1. The van der Waals surface area contributed by atoms with Gasteiger partial charge in [0.15, 0.2) is 0 Å². The molecule has 1 aromatic carbocycles. The van der Waals surface area contributed by atoms with Gasteiger partial charge in [-0.15, -0.1) is 0 Å². The summed E-state index contributed by atoms with van der Waals surface area (Å²) in [4.78, 5) is 18.3. The Balaban J connectivity index is 1.38. The molecular formula is C24H29F3N4O2. The number of hydrogen-bond acceptors (Lipinski definition) is 5. The zero-order chi connectivity index (χ0) is 23.4. The third-order valence-corrected chi connectivity index (χ3v) is 6.89. The Bertz CT molecular complexity index is 934. The first kappa shape index (κ1) is 23.7. The molecule has 2 aliphatic rings. The van der Waals surface area contributed by atoms with Crippen LogP contribution in [0.25, 0.3) is 11.1 Å². The average molecular weight is 463 g/mol. The first-order valence-electron chi connectivity index (χ1n) is 11.3. The Hall–Kier alpha value is -2.49. The molecule has 0 unspecified atom stereocenters. The van der Waals surface area contributed by atoms with E-state index >= 15 is 0 Å². The number of rotatable bonds is 8. The number of halogens is 3. The van der Waals surface area contributed by atoms with Crippen LogP contribution in [0.2, 0.25) is 0 Å². The predicted octanol–water partition coefficient (Wildman–Crippen LogP) is 2.83. The molecule has 2 aromatic rings. The van der Waals surface area contributed by atoms with Gasteiger partial charge in [0.2, 0.25) is 0 Å². The molecule has 2 atom stereocenters. The third kappa shape index (κ3) is 5.20. The van der Waals surface area contributed by atoms with Gasteiger partial charge in [-0.3, -0.25) is 14.7 Å². The molecule has 3 heterocycles. The standard InChI is InChI=1S/C24H29F3N4O2/c25-13-20(30-23(33)22(26)27)21(32)17-3-1-16(2-4-17)18-5-6-19(29-14-18)15-31-12-9-24(31)7-10-28-11-8-24/h1-6,14,20-22,28,32H,7-13,15H2,(H,30,33)/t20-,21-/m1/s1. The lowest BCUT2D eigenvalue weighted by Crippen LogP contribution is -2.63. The lowest BCUT2D eigenvalue weighted by Gasteiger charge is -2.55. The van der Waals surface area contributed by atoms with E-state index in [1.54, 1.807) is 24.3 Å². The molecule has 0 saturated carbocycles. The Morgan fingerprint density at radius 1 is 1.12 bits per heavy atom. The van der Waals surface area contributed by atoms with E-state index in [4.69, 9.17) is 0 Å². The number of aromatic nitrogens is 1. The fourth-order valence-corrected chi connectivity index (χ4v) is 4.73. The second kappa shape index (κ2) is 10.2. The average Bonchev–Trinajstić information content (AvgIpc) is 2.85. The number of nitrogens with one attached hydrogen (secondary N) is 2. The summed E-state index contributed by atoms with van der Waals surface area (Å²) in [5.41, 5.74) is 3.42. The molecule has 2 saturated heterocycles. The molecule has 2 aliphatic heterocycles. The molecule has 178 valence electrons. The van der Waals surface area contributed by atoms with Gasteiger partial charge in [-0.05, 0) is 49.5 Å². The van der Waals surface area contributed by atoms with E-state index in [9.17, 15) is 23.1 Å². The van der Waals surface area contributed by atoms with Gasteiger partial charge in [0.1, 0.15) is 12.8 Å². The molecule has 33 heavy (non-hydrogen) atoms. The highest BCUT2D eigenvalue weighted by Gasteiger charge is 2.44. The summed E-state index contributed by atoms with van der Waals surface area (Å²) in [7, 11) is 0. The molecule has 1 spiro atoms. The molecule has 1 aromatic heterocycles. The number of amides is 1. The van der Waals surface area contributed by atoms with E-state index in [0.717, 1.165) is 43.0 Å². The van der Waals surface area contributed by atoms with Crippen LogP contribution in [0, 0.1) is 0 Å². The van der Waals surface area contributed by atoms with Gasteiger partial charge in [-0.1, -0.05) is 30.3 Å². The number of nitrogens with zero attached hydrogens (tertiary/aromatic N) is 2. The fraction of sp³-hybridized carbons (Fsp3) is 0.500. The topological polar surface area (TPSA) is 77.5 Å². The number of likely N-dealkylation sites (tertiary alicyclic amines) is 1. The summed E-state index contributed by atoms with van der Waals surface area (Å²) >= 11 is 0. The maximum absolute atomic E-state index is 13.2. The summed E-state index contributed by atoms with van der Waals surface area (Å²) in [6.07, 6.45) is 0.709. The van der Waals surface area contributed by atoms with Crippen molar-refractivity contribution in [2.24, 2.45) is 0 Å². The molecule has 3 N–H and O–H groups in total. The van der Waals surface area contributed by atoms with E-state index in [2.05, 4.69) is 15.2 Å². The summed E-state index contributed by atoms with van der Waals surface area (Å²) < 4.78 is 38.0. The Morgan fingerprint density at radius 2 is 1.82 bits per heavy atom. The second-order valence-electron chi connectivity index (χ2n) is 8.82. The molecule has 0 bridgehead atoms. The van der Waals surface area contributed by atoms with Crippen molar-refractivity contribution < 1.29 is 23.1 Å². The molecule has 0 radical (unpaired) electrons. The van der Waals surface area contributed by atoms with Crippen LogP contribution in [0.15, 0.2) is 42.6 Å². The van der Waals surface area contributed by atoms with Crippen LogP contribution in [0.5, 0.6) is 0 Å². The molecule has 4 rings (SSSR count). The third-order valence-electron chi connectivity index (χ3n) is 6.89. The predicted molar refractivity (Wildman–Crippen MR) is 118 cm³/mol. The molecule has 1 amide bonds. The summed E-state index contributed by atoms with van der Waals surface area (Å²) in [6, 6.07) is 9.25. The number of piperidine rings is 1. The number of alkyl halides is 3. The largest absolute Gasteiger partial charge is 0.386 e. The maximum atomic E-state index is 13.2. The smallest absolute Gasteiger partial charge is 0.315 e. The SMILES string of the molecule is O=C(N[C@H](CF)[C@H](O)c1ccc(-c2ccc(CN3CCC34CCNCC4)nc2)cc1)C(F)F. The summed E-state index contributed by atoms with van der Waals surface area (Å²) in [5.74, 6) is -1.61. The van der Waals surface area contributed by atoms with Crippen molar-refractivity contribution in [3.63, 3.8) is 0 Å². The van der Waals surface area contributed by atoms with Crippen molar-refractivity contribution in [3.05, 3.63) is 53.9 Å². The lowest BCUT2D eigenvalue weighted by molar-refractivity contribution is -0.133. The number of carbonyl (C=O) groups excluding carboxylic acids is 1. The number of aliphatic hydroxyl groups is 1. The van der Waals surface area contributed by atoms with Gasteiger partial charge in [0.25, 0.3) is 5.91 Å². The monoisotopic (exact) mass is 462 g/mol. The zero-order valence-electron chi connectivity index (χ0n) is 18.3. The van der Waals surface area contributed by atoms with Crippen LogP contribution in [0.3, 0.4) is 0 Å². The second-order valence-corrected chi connectivity index (χ2v) is 8.82. The molecule has 9 heteroatoms. The van der Waals surface area contributed by atoms with E-state index in [1.807, 2.05) is 23.6 Å². The highest BCUT2D eigenvalue weighted by Crippen LogP contribution is 2.39. The van der Waals surface area contributed by atoms with Crippen molar-refractivity contribution in [1.29, 1.82) is 0 Å². The number of benzene rings is 1. The number of carbonyl (C=O) groups is 1. The summed E-state index contributed by atoms with van der Waals surface area (Å²) in [6.45, 7) is 2.91. The first-order valence-corrected chi connectivity index (χ1v) is 11.3. The van der Waals surface area contributed by atoms with Crippen molar-refractivity contribution >= 4 is 5.91 Å². The van der Waals surface area contributed by atoms with Crippen LogP contribution in [-0.2, 0) is 11.3 Å². The van der Waals surface area contributed by atoms with E-state index in [1.165, 1.54) is 19.3 Å². The molecular weight excluding hydrogens is 433 g/mol. The lowest BCUT2D eigenvalue weighted by atomic mass is 9.77. The Kier molecular flexibility index (Phi) is 7.31. The summed E-state index contributed by atoms with van der Waals surface area (Å²) in [5, 5.41) is 15.6. The van der Waals surface area contributed by atoms with Crippen molar-refractivity contribution in [3.8, 4) is 11.1 Å². The van der Waals surface area contributed by atoms with E-state index in [0.29, 0.717) is 11.1 Å². The normalized spacial score (nSPS) is 19.8. The van der Waals surface area contributed by atoms with Crippen molar-refractivity contribution in [2.45, 2.75) is 49.9 Å². The van der Waals surface area contributed by atoms with Gasteiger partial charge in [-0.2, -0.15) is 8.78 Å². The number of hydrogen-bond donors (Lipinski definition) is 3. The fourth-order valence-electron chi connectivity index (χ4n) is 4.73. The quantitative estimate of drug-likeness (QED) is 0.563. The Labute approximate surface area is 191 Å². The minimum atomic E-state index is -3.27. The molecule has 6 nitrogen and oxygen atoms in total. The van der Waals surface area contributed by atoms with Crippen LogP contribution >= 0.6 is 0 Å². The van der Waals surface area contributed by atoms with Crippen molar-refractivity contribution in [2.75, 3.05) is 26.3 Å². The van der Waals surface area contributed by atoms with Gasteiger partial charge >= 0.3 is 6.43 Å². The van der Waals surface area contributed by atoms with Crippen LogP contribution in [0.4, 0.5) is 13.2 Å². The minimum absolute atomic E-state index is 0.325. The Morgan fingerprint density at radius 3 is 2.36 bits per heavy atom. The van der Waals surface area contributed by atoms with Crippen LogP contribution in [-0.4, -0.2) is 65.2 Å². The van der Waals surface area contributed by atoms with Gasteiger partial charge in [0, 0.05) is 30.4 Å². The molecule has 2 fully saturated rings. The van der Waals surface area contributed by atoms with Gasteiger partial charge in [-0.25, -0.2) is 4.39 Å².